The van der Waals surface area contributed by atoms with Crippen molar-refractivity contribution in [1.29, 1.82) is 5.26 Å². The Kier molecular flexibility index (Phi) is 11.2. The number of nitrogens with zero attached hydrogens (tertiary/aromatic N) is 2. The highest BCUT2D eigenvalue weighted by Crippen LogP contribution is 2.38. The third-order valence-electron chi connectivity index (χ3n) is 11.4. The van der Waals surface area contributed by atoms with Gasteiger partial charge in [-0.2, -0.15) is 5.26 Å². The van der Waals surface area contributed by atoms with E-state index >= 15 is 0 Å². The van der Waals surface area contributed by atoms with E-state index in [0.29, 0.717) is 23.7 Å². The summed E-state index contributed by atoms with van der Waals surface area (Å²) in [5, 5.41) is 21.2. The van der Waals surface area contributed by atoms with Gasteiger partial charge in [0.15, 0.2) is 0 Å². The molecule has 0 amide bonds. The molecule has 7 heteroatoms. The number of hydrogen-bond acceptors (Lipinski definition) is 7. The second kappa shape index (κ2) is 16.9. The summed E-state index contributed by atoms with van der Waals surface area (Å²) in [4.78, 5) is 2.03. The number of hydrogen-bond donors (Lipinski definition) is 3. The van der Waals surface area contributed by atoms with Gasteiger partial charge in [-0.25, -0.2) is 0 Å². The van der Waals surface area contributed by atoms with E-state index in [1.54, 1.807) is 24.3 Å². The minimum atomic E-state index is 0.118. The molecule has 8 rings (SSSR count). The third-order valence-corrected chi connectivity index (χ3v) is 11.4. The van der Waals surface area contributed by atoms with Crippen LogP contribution in [0.5, 0.6) is 11.5 Å². The molecule has 2 aliphatic carbocycles. The molecule has 0 bridgehead atoms. The average molecular weight is 778 g/mol. The number of ether oxygens (including phenoxy) is 1. The molecule has 1 aromatic heterocycles. The highest BCUT2D eigenvalue weighted by Gasteiger charge is 2.33. The van der Waals surface area contributed by atoms with Crippen LogP contribution in [0.3, 0.4) is 0 Å². The lowest BCUT2D eigenvalue weighted by molar-refractivity contribution is 0.479. The lowest BCUT2D eigenvalue weighted by atomic mass is 9.83. The Balaban J connectivity index is 1.02. The number of benzene rings is 2. The van der Waals surface area contributed by atoms with Crippen LogP contribution in [0, 0.1) is 37.0 Å². The molecule has 3 N–H and O–H groups in total. The SMILES string of the molecule is C=C(/C=C\c1oc2c(c1C)=CC1NC3=C(CC(C)C=C3)C3=C(C=CCN3)C1C=2)C1=C/CC=CN(c2ccc(Oc3ccc(C#N)cc3)c(C)c2)C(=C)N/C=C\C\C(C)=C\1. The highest BCUT2D eigenvalue weighted by atomic mass is 16.5. The van der Waals surface area contributed by atoms with Gasteiger partial charge in [-0.1, -0.05) is 80.3 Å². The summed E-state index contributed by atoms with van der Waals surface area (Å²) in [5.74, 6) is 3.64. The quantitative estimate of drug-likeness (QED) is 0.215. The van der Waals surface area contributed by atoms with Gasteiger partial charge in [-0.05, 0) is 141 Å². The molecule has 0 saturated heterocycles. The minimum Gasteiger partial charge on any atom is -0.457 e. The van der Waals surface area contributed by atoms with E-state index in [1.807, 2.05) is 36.4 Å². The van der Waals surface area contributed by atoms with Crippen LogP contribution in [0.4, 0.5) is 5.69 Å². The number of nitrogens with one attached hydrogen (secondary N) is 3. The van der Waals surface area contributed by atoms with Crippen LogP contribution in [-0.2, 0) is 0 Å². The molecule has 4 heterocycles. The monoisotopic (exact) mass is 777 g/mol. The summed E-state index contributed by atoms with van der Waals surface area (Å²) in [6.07, 6.45) is 33.0. The van der Waals surface area contributed by atoms with Crippen LogP contribution < -0.4 is 36.2 Å². The molecule has 0 radical (unpaired) electrons. The molecule has 59 heavy (non-hydrogen) atoms. The van der Waals surface area contributed by atoms with Crippen molar-refractivity contribution in [3.63, 3.8) is 0 Å². The zero-order valence-electron chi connectivity index (χ0n) is 34.3. The first kappa shape index (κ1) is 38.9. The molecule has 3 aliphatic heterocycles. The Morgan fingerprint density at radius 3 is 2.71 bits per heavy atom. The van der Waals surface area contributed by atoms with Crippen molar-refractivity contribution in [2.75, 3.05) is 11.4 Å². The summed E-state index contributed by atoms with van der Waals surface area (Å²) in [5.41, 5.74) is 12.9. The van der Waals surface area contributed by atoms with Crippen molar-refractivity contribution >= 4 is 23.9 Å². The minimum absolute atomic E-state index is 0.118. The van der Waals surface area contributed by atoms with Crippen molar-refractivity contribution in [2.45, 2.75) is 53.0 Å². The van der Waals surface area contributed by atoms with Crippen LogP contribution in [-0.4, -0.2) is 12.6 Å². The maximum Gasteiger partial charge on any atom is 0.131 e. The van der Waals surface area contributed by atoms with Crippen molar-refractivity contribution < 1.29 is 9.15 Å². The third kappa shape index (κ3) is 8.40. The largest absolute Gasteiger partial charge is 0.457 e. The number of anilines is 1. The average Bonchev–Trinajstić information content (AvgIpc) is 3.48. The van der Waals surface area contributed by atoms with E-state index in [4.69, 9.17) is 14.4 Å². The summed E-state index contributed by atoms with van der Waals surface area (Å²) < 4.78 is 12.8. The Morgan fingerprint density at radius 2 is 1.90 bits per heavy atom. The number of aryl methyl sites for hydroxylation is 1. The lowest BCUT2D eigenvalue weighted by Crippen LogP contribution is -2.41. The van der Waals surface area contributed by atoms with Crippen LogP contribution >= 0.6 is 0 Å². The van der Waals surface area contributed by atoms with Crippen molar-refractivity contribution in [3.8, 4) is 17.6 Å². The summed E-state index contributed by atoms with van der Waals surface area (Å²) in [6.45, 7) is 18.3. The fourth-order valence-corrected chi connectivity index (χ4v) is 8.19. The van der Waals surface area contributed by atoms with Gasteiger partial charge in [-0.15, -0.1) is 0 Å². The van der Waals surface area contributed by atoms with E-state index < -0.39 is 0 Å². The van der Waals surface area contributed by atoms with Gasteiger partial charge >= 0.3 is 0 Å². The first-order chi connectivity index (χ1) is 28.6. The molecule has 296 valence electrons. The zero-order valence-corrected chi connectivity index (χ0v) is 34.3. The van der Waals surface area contributed by atoms with E-state index in [2.05, 4.69) is 135 Å². The molecular weight excluding hydrogens is 727 g/mol. The van der Waals surface area contributed by atoms with E-state index in [-0.39, 0.29) is 12.0 Å². The second-order valence-corrected chi connectivity index (χ2v) is 15.8. The van der Waals surface area contributed by atoms with Gasteiger partial charge in [0.1, 0.15) is 28.5 Å². The number of allylic oxidation sites excluding steroid dienone is 12. The standard InChI is InChI=1S/C52H51N5O2/c1-33-11-9-24-54-38(6)57(41-18-23-49(36(4)29-41)58-42-19-16-39(32-53)17-20-42)26-8-7-12-40(27-33)35(3)15-22-50-37(5)44-30-48-45(31-51(44)59-50)43-13-10-25-55-52(43)46-28-34(2)14-21-47(46)56-48/h8-10,12-24,26-27,29-31,34,45,48,54-56H,3,6-7,11,25,28H2,1-2,4-5H3/b22-15-,24-9-,26-8?,33-27+,40-12+. The lowest BCUT2D eigenvalue weighted by Gasteiger charge is -2.27. The van der Waals surface area contributed by atoms with Gasteiger partial charge in [0.05, 0.1) is 17.7 Å². The fraction of sp³-hybridized carbons (Fsp3) is 0.212. The number of furan rings is 1. The normalized spacial score (nSPS) is 23.5. The molecule has 5 aliphatic rings. The summed E-state index contributed by atoms with van der Waals surface area (Å²) >= 11 is 0. The maximum atomic E-state index is 9.13. The summed E-state index contributed by atoms with van der Waals surface area (Å²) in [6, 6.07) is 15.4. The number of dihydropyridines is 1. The molecule has 3 aromatic rings. The second-order valence-electron chi connectivity index (χ2n) is 15.8. The number of rotatable bonds is 6. The predicted octanol–water partition coefficient (Wildman–Crippen LogP) is 9.82. The predicted molar refractivity (Wildman–Crippen MR) is 241 cm³/mol. The Bertz CT molecular complexity index is 2660. The van der Waals surface area contributed by atoms with Crippen molar-refractivity contribution in [3.05, 3.63) is 201 Å². The number of fused-ring (bicyclic) bond motifs is 4. The van der Waals surface area contributed by atoms with Gasteiger partial charge in [0.25, 0.3) is 0 Å². The fourth-order valence-electron chi connectivity index (χ4n) is 8.19. The zero-order chi connectivity index (χ0) is 41.0. The maximum absolute atomic E-state index is 9.13. The number of nitriles is 1. The van der Waals surface area contributed by atoms with Crippen molar-refractivity contribution in [1.82, 2.24) is 16.0 Å². The summed E-state index contributed by atoms with van der Waals surface area (Å²) in [7, 11) is 0. The molecular formula is C52H51N5O2. The molecule has 3 unspecified atom stereocenters. The van der Waals surface area contributed by atoms with Gasteiger partial charge in [0.2, 0.25) is 0 Å². The molecule has 2 aromatic carbocycles. The first-order valence-electron chi connectivity index (χ1n) is 20.4. The highest BCUT2D eigenvalue weighted by molar-refractivity contribution is 5.64. The molecule has 3 atom stereocenters. The van der Waals surface area contributed by atoms with Crippen molar-refractivity contribution in [2.24, 2.45) is 11.8 Å². The van der Waals surface area contributed by atoms with Gasteiger partial charge < -0.3 is 30.0 Å². The van der Waals surface area contributed by atoms with E-state index in [1.165, 1.54) is 28.1 Å². The van der Waals surface area contributed by atoms with Crippen LogP contribution in [0.2, 0.25) is 0 Å². The van der Waals surface area contributed by atoms with Gasteiger partial charge in [-0.3, -0.25) is 0 Å². The van der Waals surface area contributed by atoms with Crippen LogP contribution in [0.25, 0.3) is 18.2 Å². The topological polar surface area (TPSA) is 85.5 Å². The molecule has 0 saturated carbocycles. The first-order valence-corrected chi connectivity index (χ1v) is 20.4. The molecule has 0 fully saturated rings. The Morgan fingerprint density at radius 1 is 1.05 bits per heavy atom. The smallest absolute Gasteiger partial charge is 0.131 e. The van der Waals surface area contributed by atoms with Crippen LogP contribution in [0.1, 0.15) is 55.6 Å². The van der Waals surface area contributed by atoms with Crippen LogP contribution in [0.15, 0.2) is 172 Å². The Labute approximate surface area is 347 Å². The van der Waals surface area contributed by atoms with E-state index in [9.17, 15) is 0 Å². The Hall–Kier alpha value is -6.91. The van der Waals surface area contributed by atoms with Gasteiger partial charge in [0, 0.05) is 46.5 Å². The van der Waals surface area contributed by atoms with E-state index in [0.717, 1.165) is 75.3 Å². The molecule has 0 spiro atoms. The molecule has 7 nitrogen and oxygen atoms in total.